The topological polar surface area (TPSA) is 66.5 Å². The second-order valence-electron chi connectivity index (χ2n) is 4.89. The van der Waals surface area contributed by atoms with Crippen molar-refractivity contribution in [2.75, 3.05) is 18.9 Å². The fraction of sp³-hybridized carbons (Fsp3) is 0.133. The first kappa shape index (κ1) is 19.2. The first-order chi connectivity index (χ1) is 11.2. The standard InChI is InChI=1S/C15H13BrCl2N2O3S/c1-20(9-15(21)19-12-5-2-10(16)3-6-12)24(22,23)14-8-11(17)4-7-13(14)18/h2-8H,9H2,1H3,(H,19,21). The average Bonchev–Trinajstić information content (AvgIpc) is 2.51. The van der Waals surface area contributed by atoms with Crippen LogP contribution in [0.3, 0.4) is 0 Å². The summed E-state index contributed by atoms with van der Waals surface area (Å²) in [4.78, 5) is 11.9. The van der Waals surface area contributed by atoms with Gasteiger partial charge in [-0.15, -0.1) is 0 Å². The van der Waals surface area contributed by atoms with E-state index < -0.39 is 15.9 Å². The fourth-order valence-corrected chi connectivity index (χ4v) is 3.99. The van der Waals surface area contributed by atoms with E-state index in [4.69, 9.17) is 23.2 Å². The molecule has 0 aliphatic heterocycles. The minimum absolute atomic E-state index is 0.0413. The van der Waals surface area contributed by atoms with E-state index in [2.05, 4.69) is 21.2 Å². The third-order valence-electron chi connectivity index (χ3n) is 3.08. The number of likely N-dealkylation sites (N-methyl/N-ethyl adjacent to an activating group) is 1. The highest BCUT2D eigenvalue weighted by molar-refractivity contribution is 9.10. The molecular weight excluding hydrogens is 439 g/mol. The summed E-state index contributed by atoms with van der Waals surface area (Å²) < 4.78 is 26.9. The van der Waals surface area contributed by atoms with Crippen LogP contribution in [0.25, 0.3) is 0 Å². The molecule has 0 spiro atoms. The van der Waals surface area contributed by atoms with Gasteiger partial charge >= 0.3 is 0 Å². The summed E-state index contributed by atoms with van der Waals surface area (Å²) in [6.07, 6.45) is 0. The highest BCUT2D eigenvalue weighted by Gasteiger charge is 2.25. The molecule has 5 nitrogen and oxygen atoms in total. The number of rotatable bonds is 5. The molecule has 24 heavy (non-hydrogen) atoms. The molecule has 2 aromatic carbocycles. The minimum atomic E-state index is -3.94. The Labute approximate surface area is 158 Å². The summed E-state index contributed by atoms with van der Waals surface area (Å²) in [6, 6.07) is 11.1. The quantitative estimate of drug-likeness (QED) is 0.746. The summed E-state index contributed by atoms with van der Waals surface area (Å²) in [6.45, 7) is -0.360. The Morgan fingerprint density at radius 2 is 1.79 bits per heavy atom. The third kappa shape index (κ3) is 4.70. The number of carbonyl (C=O) groups is 1. The van der Waals surface area contributed by atoms with Gasteiger partial charge in [0.1, 0.15) is 4.90 Å². The first-order valence-corrected chi connectivity index (χ1v) is 9.66. The summed E-state index contributed by atoms with van der Waals surface area (Å²) in [5.41, 5.74) is 0.565. The number of halogens is 3. The molecule has 0 heterocycles. The lowest BCUT2D eigenvalue weighted by Gasteiger charge is -2.18. The van der Waals surface area contributed by atoms with Gasteiger partial charge in [-0.25, -0.2) is 8.42 Å². The van der Waals surface area contributed by atoms with E-state index in [1.54, 1.807) is 24.3 Å². The number of benzene rings is 2. The highest BCUT2D eigenvalue weighted by atomic mass is 79.9. The zero-order valence-electron chi connectivity index (χ0n) is 12.5. The predicted octanol–water partition coefficient (Wildman–Crippen LogP) is 4.02. The second kappa shape index (κ2) is 7.84. The van der Waals surface area contributed by atoms with Gasteiger partial charge in [-0.3, -0.25) is 4.79 Å². The van der Waals surface area contributed by atoms with Crippen LogP contribution in [-0.4, -0.2) is 32.2 Å². The van der Waals surface area contributed by atoms with Crippen molar-refractivity contribution in [1.82, 2.24) is 4.31 Å². The summed E-state index contributed by atoms with van der Waals surface area (Å²) in [5.74, 6) is -0.471. The number of hydrogen-bond acceptors (Lipinski definition) is 3. The lowest BCUT2D eigenvalue weighted by atomic mass is 10.3. The zero-order valence-corrected chi connectivity index (χ0v) is 16.4. The maximum atomic E-state index is 12.5. The van der Waals surface area contributed by atoms with Crippen molar-refractivity contribution < 1.29 is 13.2 Å². The average molecular weight is 452 g/mol. The smallest absolute Gasteiger partial charge is 0.244 e. The number of sulfonamides is 1. The van der Waals surface area contributed by atoms with Crippen LogP contribution in [0.15, 0.2) is 51.8 Å². The zero-order chi connectivity index (χ0) is 17.9. The minimum Gasteiger partial charge on any atom is -0.325 e. The SMILES string of the molecule is CN(CC(=O)Nc1ccc(Br)cc1)S(=O)(=O)c1cc(Cl)ccc1Cl. The van der Waals surface area contributed by atoms with Crippen LogP contribution in [0, 0.1) is 0 Å². The largest absolute Gasteiger partial charge is 0.325 e. The van der Waals surface area contributed by atoms with Gasteiger partial charge in [0.15, 0.2) is 0 Å². The third-order valence-corrected chi connectivity index (χ3v) is 6.12. The molecule has 0 atom stereocenters. The predicted molar refractivity (Wildman–Crippen MR) is 99.0 cm³/mol. The van der Waals surface area contributed by atoms with E-state index in [0.29, 0.717) is 5.69 Å². The van der Waals surface area contributed by atoms with Crippen LogP contribution >= 0.6 is 39.1 Å². The van der Waals surface area contributed by atoms with Crippen LogP contribution in [0.2, 0.25) is 10.0 Å². The second-order valence-corrected chi connectivity index (χ2v) is 8.66. The van der Waals surface area contributed by atoms with Crippen LogP contribution in [0.4, 0.5) is 5.69 Å². The number of carbonyl (C=O) groups excluding carboxylic acids is 1. The number of hydrogen-bond donors (Lipinski definition) is 1. The molecule has 0 saturated heterocycles. The maximum Gasteiger partial charge on any atom is 0.244 e. The molecule has 9 heteroatoms. The van der Waals surface area contributed by atoms with E-state index in [9.17, 15) is 13.2 Å². The molecule has 0 aliphatic carbocycles. The van der Waals surface area contributed by atoms with Crippen molar-refractivity contribution >= 4 is 60.7 Å². The molecular formula is C15H13BrCl2N2O3S. The monoisotopic (exact) mass is 450 g/mol. The van der Waals surface area contributed by atoms with Gasteiger partial charge in [0.25, 0.3) is 0 Å². The molecule has 0 saturated carbocycles. The Morgan fingerprint density at radius 1 is 1.17 bits per heavy atom. The molecule has 2 aromatic rings. The fourth-order valence-electron chi connectivity index (χ4n) is 1.86. The summed E-state index contributed by atoms with van der Waals surface area (Å²) in [7, 11) is -2.64. The lowest BCUT2D eigenvalue weighted by Crippen LogP contribution is -2.35. The van der Waals surface area contributed by atoms with E-state index in [1.165, 1.54) is 25.2 Å². The van der Waals surface area contributed by atoms with E-state index in [-0.39, 0.29) is 21.5 Å². The molecule has 1 N–H and O–H groups in total. The van der Waals surface area contributed by atoms with Crippen LogP contribution in [-0.2, 0) is 14.8 Å². The Morgan fingerprint density at radius 3 is 2.42 bits per heavy atom. The molecule has 0 unspecified atom stereocenters. The van der Waals surface area contributed by atoms with Crippen molar-refractivity contribution in [2.45, 2.75) is 4.90 Å². The van der Waals surface area contributed by atoms with E-state index in [0.717, 1.165) is 8.78 Å². The Bertz CT molecular complexity index is 858. The summed E-state index contributed by atoms with van der Waals surface area (Å²) >= 11 is 15.1. The molecule has 2 rings (SSSR count). The van der Waals surface area contributed by atoms with Crippen LogP contribution < -0.4 is 5.32 Å². The molecule has 0 aliphatic rings. The van der Waals surface area contributed by atoms with Gasteiger partial charge in [-0.1, -0.05) is 39.1 Å². The number of anilines is 1. The lowest BCUT2D eigenvalue weighted by molar-refractivity contribution is -0.116. The van der Waals surface area contributed by atoms with Gasteiger partial charge < -0.3 is 5.32 Å². The van der Waals surface area contributed by atoms with Crippen molar-refractivity contribution in [1.29, 1.82) is 0 Å². The first-order valence-electron chi connectivity index (χ1n) is 6.67. The van der Waals surface area contributed by atoms with Crippen molar-refractivity contribution in [3.05, 3.63) is 57.0 Å². The van der Waals surface area contributed by atoms with E-state index in [1.807, 2.05) is 0 Å². The van der Waals surface area contributed by atoms with Gasteiger partial charge in [0.2, 0.25) is 15.9 Å². The molecule has 1 amide bonds. The Kier molecular flexibility index (Phi) is 6.28. The van der Waals surface area contributed by atoms with Gasteiger partial charge in [0.05, 0.1) is 11.6 Å². The molecule has 0 fully saturated rings. The van der Waals surface area contributed by atoms with Gasteiger partial charge in [-0.2, -0.15) is 4.31 Å². The summed E-state index contributed by atoms with van der Waals surface area (Å²) in [5, 5.41) is 2.91. The van der Waals surface area contributed by atoms with Crippen molar-refractivity contribution in [3.63, 3.8) is 0 Å². The highest BCUT2D eigenvalue weighted by Crippen LogP contribution is 2.27. The Balaban J connectivity index is 2.12. The maximum absolute atomic E-state index is 12.5. The molecule has 0 radical (unpaired) electrons. The molecule has 0 aromatic heterocycles. The van der Waals surface area contributed by atoms with Gasteiger partial charge in [0, 0.05) is 22.2 Å². The van der Waals surface area contributed by atoms with Crippen molar-refractivity contribution in [3.8, 4) is 0 Å². The van der Waals surface area contributed by atoms with Crippen LogP contribution in [0.1, 0.15) is 0 Å². The van der Waals surface area contributed by atoms with Crippen LogP contribution in [0.5, 0.6) is 0 Å². The normalized spacial score (nSPS) is 11.5. The Hall–Kier alpha value is -1.12. The molecule has 128 valence electrons. The number of nitrogens with zero attached hydrogens (tertiary/aromatic N) is 1. The number of amides is 1. The van der Waals surface area contributed by atoms with Gasteiger partial charge in [-0.05, 0) is 42.5 Å². The van der Waals surface area contributed by atoms with E-state index >= 15 is 0 Å². The van der Waals surface area contributed by atoms with Crippen molar-refractivity contribution in [2.24, 2.45) is 0 Å². The number of nitrogens with one attached hydrogen (secondary N) is 1. The molecule has 0 bridgehead atoms.